The summed E-state index contributed by atoms with van der Waals surface area (Å²) in [4.78, 5) is 12.1. The van der Waals surface area contributed by atoms with Gasteiger partial charge in [-0.3, -0.25) is 4.79 Å². The van der Waals surface area contributed by atoms with Gasteiger partial charge >= 0.3 is 5.92 Å². The van der Waals surface area contributed by atoms with Crippen LogP contribution in [0.25, 0.3) is 0 Å². The van der Waals surface area contributed by atoms with Gasteiger partial charge in [-0.15, -0.1) is 0 Å². The molecule has 0 spiro atoms. The fraction of sp³-hybridized carbons (Fsp3) is 0.588. The Morgan fingerprint density at radius 2 is 1.92 bits per heavy atom. The first kappa shape index (κ1) is 16.1. The number of benzene rings is 1. The third-order valence-electron chi connectivity index (χ3n) is 4.70. The zero-order valence-electron chi connectivity index (χ0n) is 13.3. The van der Waals surface area contributed by atoms with E-state index in [0.29, 0.717) is 0 Å². The van der Waals surface area contributed by atoms with Gasteiger partial charge in [0.15, 0.2) is 18.2 Å². The van der Waals surface area contributed by atoms with Gasteiger partial charge in [-0.2, -0.15) is 8.78 Å². The molecule has 130 valence electrons. The molecule has 3 fully saturated rings. The topological polar surface area (TPSA) is 54.0 Å². The average molecular weight is 340 g/mol. The molecule has 7 heteroatoms. The monoisotopic (exact) mass is 340 g/mol. The maximum atomic E-state index is 14.1. The third-order valence-corrected chi connectivity index (χ3v) is 4.70. The highest BCUT2D eigenvalue weighted by Gasteiger charge is 2.76. The second-order valence-corrected chi connectivity index (χ2v) is 6.92. The lowest BCUT2D eigenvalue weighted by atomic mass is 9.94. The molecule has 1 saturated carbocycles. The molecule has 2 saturated heterocycles. The number of halogens is 2. The second kappa shape index (κ2) is 5.05. The van der Waals surface area contributed by atoms with E-state index in [4.69, 9.17) is 18.9 Å². The van der Waals surface area contributed by atoms with E-state index in [1.54, 1.807) is 13.8 Å². The van der Waals surface area contributed by atoms with Crippen molar-refractivity contribution in [3.63, 3.8) is 0 Å². The number of rotatable bonds is 3. The van der Waals surface area contributed by atoms with E-state index in [0.717, 1.165) is 5.56 Å². The molecule has 5 nitrogen and oxygen atoms in total. The summed E-state index contributed by atoms with van der Waals surface area (Å²) in [6.07, 6.45) is -3.92. The lowest BCUT2D eigenvalue weighted by Crippen LogP contribution is -2.49. The first-order chi connectivity index (χ1) is 11.2. The number of alkyl halides is 2. The van der Waals surface area contributed by atoms with Crippen molar-refractivity contribution in [2.45, 2.75) is 62.7 Å². The van der Waals surface area contributed by atoms with Gasteiger partial charge in [0.25, 0.3) is 0 Å². The number of ether oxygens (including phenoxy) is 4. The number of hydrogen-bond acceptors (Lipinski definition) is 5. The summed E-state index contributed by atoms with van der Waals surface area (Å²) < 4.78 is 50.9. The Kier molecular flexibility index (Phi) is 3.38. The van der Waals surface area contributed by atoms with Gasteiger partial charge in [-0.25, -0.2) is 0 Å². The number of carbonyl (C=O) groups excluding carboxylic acids is 1. The molecule has 1 unspecified atom stereocenters. The zero-order chi connectivity index (χ0) is 17.2. The van der Waals surface area contributed by atoms with Crippen LogP contribution in [0.5, 0.6) is 0 Å². The van der Waals surface area contributed by atoms with Crippen molar-refractivity contribution in [2.75, 3.05) is 0 Å². The van der Waals surface area contributed by atoms with E-state index in [-0.39, 0.29) is 6.61 Å². The van der Waals surface area contributed by atoms with E-state index in [2.05, 4.69) is 0 Å². The van der Waals surface area contributed by atoms with Crippen LogP contribution in [-0.2, 0) is 30.3 Å². The molecule has 0 bridgehead atoms. The summed E-state index contributed by atoms with van der Waals surface area (Å²) in [5.41, 5.74) is -0.732. The summed E-state index contributed by atoms with van der Waals surface area (Å²) in [6.45, 7) is 3.42. The van der Waals surface area contributed by atoms with Gasteiger partial charge in [0.05, 0.1) is 13.0 Å². The molecule has 1 aromatic rings. The van der Waals surface area contributed by atoms with E-state index >= 15 is 0 Å². The number of Topliss-reactive ketones (excluding diaryl/α,β-unsaturated/α-hetero) is 1. The molecule has 1 aliphatic carbocycles. The second-order valence-electron chi connectivity index (χ2n) is 6.92. The SMILES string of the molecule is CC1(C)OC2[C@H](O[C@@H]3C(=O)C(F)(F)C[C@]23OCc2ccccc2)O1. The van der Waals surface area contributed by atoms with Crippen molar-refractivity contribution in [3.05, 3.63) is 35.9 Å². The standard InChI is InChI=1S/C17H18F2O5/c1-15(2)23-13-14(24-15)22-12-11(20)17(18,19)9-16(12,13)21-8-10-6-4-3-5-7-10/h3-7,12-14H,8-9H2,1-2H3/t12-,13?,14-,16-/m1/s1. The first-order valence-corrected chi connectivity index (χ1v) is 7.85. The molecule has 24 heavy (non-hydrogen) atoms. The maximum absolute atomic E-state index is 14.1. The van der Waals surface area contributed by atoms with Crippen LogP contribution in [0.1, 0.15) is 25.8 Å². The van der Waals surface area contributed by atoms with Crippen LogP contribution in [0.15, 0.2) is 30.3 Å². The molecular formula is C17H18F2O5. The lowest BCUT2D eigenvalue weighted by Gasteiger charge is -2.32. The first-order valence-electron chi connectivity index (χ1n) is 7.85. The molecule has 0 amide bonds. The van der Waals surface area contributed by atoms with Crippen LogP contribution in [0.3, 0.4) is 0 Å². The molecule has 4 atom stereocenters. The summed E-state index contributed by atoms with van der Waals surface area (Å²) in [7, 11) is 0. The van der Waals surface area contributed by atoms with Crippen LogP contribution in [0.4, 0.5) is 8.78 Å². The molecule has 3 aliphatic rings. The molecule has 0 N–H and O–H groups in total. The minimum absolute atomic E-state index is 0.0804. The van der Waals surface area contributed by atoms with Crippen molar-refractivity contribution in [1.29, 1.82) is 0 Å². The smallest absolute Gasteiger partial charge is 0.311 e. The third kappa shape index (κ3) is 2.30. The van der Waals surface area contributed by atoms with E-state index in [1.165, 1.54) is 0 Å². The Morgan fingerprint density at radius 1 is 1.21 bits per heavy atom. The van der Waals surface area contributed by atoms with Crippen molar-refractivity contribution in [3.8, 4) is 0 Å². The van der Waals surface area contributed by atoms with Gasteiger partial charge in [0.2, 0.25) is 5.78 Å². The molecular weight excluding hydrogens is 322 g/mol. The van der Waals surface area contributed by atoms with Crippen molar-refractivity contribution in [2.24, 2.45) is 0 Å². The largest absolute Gasteiger partial charge is 0.364 e. The highest BCUT2D eigenvalue weighted by atomic mass is 19.3. The number of fused-ring (bicyclic) bond motifs is 3. The van der Waals surface area contributed by atoms with Gasteiger partial charge in [0, 0.05) is 0 Å². The fourth-order valence-corrected chi connectivity index (χ4v) is 3.66. The molecule has 2 heterocycles. The Labute approximate surface area is 137 Å². The van der Waals surface area contributed by atoms with Crippen molar-refractivity contribution >= 4 is 5.78 Å². The summed E-state index contributed by atoms with van der Waals surface area (Å²) >= 11 is 0. The highest BCUT2D eigenvalue weighted by Crippen LogP contribution is 2.55. The summed E-state index contributed by atoms with van der Waals surface area (Å²) in [6, 6.07) is 9.15. The van der Waals surface area contributed by atoms with Gasteiger partial charge in [0.1, 0.15) is 11.7 Å². The van der Waals surface area contributed by atoms with E-state index in [9.17, 15) is 13.6 Å². The van der Waals surface area contributed by atoms with Crippen molar-refractivity contribution < 1.29 is 32.5 Å². The molecule has 2 aliphatic heterocycles. The predicted octanol–water partition coefficient (Wildman–Crippen LogP) is 2.43. The van der Waals surface area contributed by atoms with Crippen LogP contribution in [0, 0.1) is 0 Å². The Hall–Kier alpha value is -1.41. The number of ketones is 1. The Bertz CT molecular complexity index is 662. The van der Waals surface area contributed by atoms with Crippen LogP contribution in [0.2, 0.25) is 0 Å². The number of hydrogen-bond donors (Lipinski definition) is 0. The van der Waals surface area contributed by atoms with E-state index < -0.39 is 48.0 Å². The van der Waals surface area contributed by atoms with Crippen molar-refractivity contribution in [1.82, 2.24) is 0 Å². The average Bonchev–Trinajstić information content (AvgIpc) is 3.03. The highest BCUT2D eigenvalue weighted by molar-refractivity contribution is 5.94. The maximum Gasteiger partial charge on any atom is 0.311 e. The fourth-order valence-electron chi connectivity index (χ4n) is 3.66. The van der Waals surface area contributed by atoms with Gasteiger partial charge < -0.3 is 18.9 Å². The molecule has 0 radical (unpaired) electrons. The van der Waals surface area contributed by atoms with Crippen LogP contribution < -0.4 is 0 Å². The van der Waals surface area contributed by atoms with E-state index in [1.807, 2.05) is 30.3 Å². The summed E-state index contributed by atoms with van der Waals surface area (Å²) in [5.74, 6) is -5.75. The van der Waals surface area contributed by atoms with Gasteiger partial charge in [-0.05, 0) is 19.4 Å². The quantitative estimate of drug-likeness (QED) is 0.846. The Morgan fingerprint density at radius 3 is 2.62 bits per heavy atom. The van der Waals surface area contributed by atoms with Gasteiger partial charge in [-0.1, -0.05) is 30.3 Å². The van der Waals surface area contributed by atoms with Crippen LogP contribution >= 0.6 is 0 Å². The summed E-state index contributed by atoms with van der Waals surface area (Å²) in [5, 5.41) is 0. The Balaban J connectivity index is 1.65. The lowest BCUT2D eigenvalue weighted by molar-refractivity contribution is -0.231. The zero-order valence-corrected chi connectivity index (χ0v) is 13.3. The molecule has 0 aromatic heterocycles. The molecule has 4 rings (SSSR count). The normalized spacial score (nSPS) is 39.0. The minimum atomic E-state index is -3.50. The molecule has 1 aromatic carbocycles. The minimum Gasteiger partial charge on any atom is -0.364 e. The predicted molar refractivity (Wildman–Crippen MR) is 77.2 cm³/mol. The van der Waals surface area contributed by atoms with Crippen LogP contribution in [-0.4, -0.2) is 41.6 Å². The number of carbonyl (C=O) groups is 1.